The molecule has 4 heteroatoms. The molecule has 1 N–H and O–H groups in total. The number of benzene rings is 2. The molecule has 0 aromatic heterocycles. The molecular weight excluding hydrogens is 394 g/mol. The summed E-state index contributed by atoms with van der Waals surface area (Å²) in [6.45, 7) is 0.769. The molecule has 3 rings (SSSR count). The van der Waals surface area contributed by atoms with Crippen molar-refractivity contribution in [2.45, 2.75) is 18.4 Å². The van der Waals surface area contributed by atoms with Crippen LogP contribution in [-0.2, 0) is 0 Å². The molecule has 0 saturated carbocycles. The number of para-hydroxylation sites is 1. The molecule has 1 aliphatic rings. The lowest BCUT2D eigenvalue weighted by Crippen LogP contribution is -2.28. The molecule has 2 aromatic rings. The molecule has 2 nitrogen and oxygen atoms in total. The van der Waals surface area contributed by atoms with Crippen molar-refractivity contribution in [2.75, 3.05) is 13.7 Å². The highest BCUT2D eigenvalue weighted by molar-refractivity contribution is 9.11. The normalized spacial score (nSPS) is 18.7. The Labute approximate surface area is 142 Å². The van der Waals surface area contributed by atoms with E-state index in [0.717, 1.165) is 27.7 Å². The Bertz CT molecular complexity index is 644. The number of hydrogen-bond acceptors (Lipinski definition) is 2. The number of nitrogens with one attached hydrogen (secondary N) is 1. The summed E-state index contributed by atoms with van der Waals surface area (Å²) in [6.07, 6.45) is 1.02. The molecule has 0 spiro atoms. The number of hydrogen-bond donors (Lipinski definition) is 1. The van der Waals surface area contributed by atoms with Gasteiger partial charge in [-0.2, -0.15) is 0 Å². The van der Waals surface area contributed by atoms with Gasteiger partial charge in [0.15, 0.2) is 0 Å². The van der Waals surface area contributed by atoms with Crippen LogP contribution in [0.3, 0.4) is 0 Å². The van der Waals surface area contributed by atoms with E-state index in [4.69, 9.17) is 4.74 Å². The number of likely N-dealkylation sites (N-methyl/N-ethyl adjacent to an activating group) is 1. The van der Waals surface area contributed by atoms with E-state index < -0.39 is 0 Å². The third-order valence-corrected chi connectivity index (χ3v) is 5.23. The molecule has 0 radical (unpaired) electrons. The Kier molecular flexibility index (Phi) is 4.67. The zero-order valence-electron chi connectivity index (χ0n) is 11.8. The molecule has 1 heterocycles. The first-order valence-corrected chi connectivity index (χ1v) is 8.63. The first-order chi connectivity index (χ1) is 10.2. The number of rotatable bonds is 3. The molecule has 0 bridgehead atoms. The second-order valence-electron chi connectivity index (χ2n) is 5.21. The van der Waals surface area contributed by atoms with Gasteiger partial charge in [0.2, 0.25) is 0 Å². The average molecular weight is 411 g/mol. The highest BCUT2D eigenvalue weighted by atomic mass is 79.9. The van der Waals surface area contributed by atoms with E-state index in [1.807, 2.05) is 13.1 Å². The molecule has 2 atom stereocenters. The summed E-state index contributed by atoms with van der Waals surface area (Å²) in [5, 5.41) is 3.49. The SMILES string of the molecule is CNC(c1cc(Br)ccc1Br)C1CCOc2ccccc21. The Hall–Kier alpha value is -0.840. The first kappa shape index (κ1) is 15.1. The molecule has 1 aliphatic heterocycles. The van der Waals surface area contributed by atoms with Crippen LogP contribution in [0.4, 0.5) is 0 Å². The summed E-state index contributed by atoms with van der Waals surface area (Å²) < 4.78 is 8.02. The van der Waals surface area contributed by atoms with Gasteiger partial charge in [-0.05, 0) is 48.9 Å². The van der Waals surface area contributed by atoms with Crippen LogP contribution in [-0.4, -0.2) is 13.7 Å². The van der Waals surface area contributed by atoms with Gasteiger partial charge < -0.3 is 10.1 Å². The predicted octanol–water partition coefficient (Wildman–Crippen LogP) is 5.04. The lowest BCUT2D eigenvalue weighted by Gasteiger charge is -2.33. The molecule has 21 heavy (non-hydrogen) atoms. The van der Waals surface area contributed by atoms with Crippen LogP contribution in [0.1, 0.15) is 29.5 Å². The van der Waals surface area contributed by atoms with Crippen molar-refractivity contribution in [1.82, 2.24) is 5.32 Å². The smallest absolute Gasteiger partial charge is 0.122 e. The first-order valence-electron chi connectivity index (χ1n) is 7.04. The Morgan fingerprint density at radius 1 is 1.19 bits per heavy atom. The summed E-state index contributed by atoms with van der Waals surface area (Å²) in [4.78, 5) is 0. The van der Waals surface area contributed by atoms with Gasteiger partial charge in [0, 0.05) is 20.9 Å². The number of fused-ring (bicyclic) bond motifs is 1. The van der Waals surface area contributed by atoms with Crippen LogP contribution in [0.15, 0.2) is 51.4 Å². The number of halogens is 2. The molecule has 0 amide bonds. The lowest BCUT2D eigenvalue weighted by atomic mass is 9.83. The van der Waals surface area contributed by atoms with Gasteiger partial charge in [-0.3, -0.25) is 0 Å². The van der Waals surface area contributed by atoms with Crippen LogP contribution >= 0.6 is 31.9 Å². The minimum atomic E-state index is 0.252. The highest BCUT2D eigenvalue weighted by Gasteiger charge is 2.30. The fourth-order valence-corrected chi connectivity index (χ4v) is 3.91. The summed E-state index contributed by atoms with van der Waals surface area (Å²) in [6, 6.07) is 14.9. The van der Waals surface area contributed by atoms with E-state index in [-0.39, 0.29) is 6.04 Å². The van der Waals surface area contributed by atoms with Crippen molar-refractivity contribution in [2.24, 2.45) is 0 Å². The van der Waals surface area contributed by atoms with Gasteiger partial charge in [0.05, 0.1) is 6.61 Å². The van der Waals surface area contributed by atoms with Crippen molar-refractivity contribution in [3.8, 4) is 5.75 Å². The van der Waals surface area contributed by atoms with Crippen LogP contribution in [0, 0.1) is 0 Å². The minimum Gasteiger partial charge on any atom is -0.493 e. The number of ether oxygens (including phenoxy) is 1. The largest absolute Gasteiger partial charge is 0.493 e. The molecule has 2 aromatic carbocycles. The average Bonchev–Trinajstić information content (AvgIpc) is 2.51. The zero-order chi connectivity index (χ0) is 14.8. The minimum absolute atomic E-state index is 0.252. The fourth-order valence-electron chi connectivity index (χ4n) is 3.04. The van der Waals surface area contributed by atoms with E-state index >= 15 is 0 Å². The van der Waals surface area contributed by atoms with Crippen LogP contribution < -0.4 is 10.1 Å². The highest BCUT2D eigenvalue weighted by Crippen LogP contribution is 2.43. The van der Waals surface area contributed by atoms with Gasteiger partial charge in [-0.25, -0.2) is 0 Å². The zero-order valence-corrected chi connectivity index (χ0v) is 14.9. The van der Waals surface area contributed by atoms with Gasteiger partial charge in [0.25, 0.3) is 0 Å². The van der Waals surface area contributed by atoms with Crippen LogP contribution in [0.5, 0.6) is 5.75 Å². The maximum atomic E-state index is 5.79. The molecule has 2 unspecified atom stereocenters. The molecule has 0 saturated heterocycles. The van der Waals surface area contributed by atoms with E-state index in [0.29, 0.717) is 5.92 Å². The second kappa shape index (κ2) is 6.51. The molecular formula is C17H17Br2NO. The standard InChI is InChI=1S/C17H17Br2NO/c1-20-17(14-10-11(18)6-7-15(14)19)13-8-9-21-16-5-3-2-4-12(13)16/h2-7,10,13,17,20H,8-9H2,1H3. The van der Waals surface area contributed by atoms with Gasteiger partial charge in [-0.1, -0.05) is 50.1 Å². The monoisotopic (exact) mass is 409 g/mol. The summed E-state index contributed by atoms with van der Waals surface area (Å²) >= 11 is 7.26. The summed E-state index contributed by atoms with van der Waals surface area (Å²) in [7, 11) is 2.02. The van der Waals surface area contributed by atoms with Crippen molar-refractivity contribution in [3.05, 3.63) is 62.5 Å². The Morgan fingerprint density at radius 3 is 2.81 bits per heavy atom. The van der Waals surface area contributed by atoms with Gasteiger partial charge >= 0.3 is 0 Å². The lowest BCUT2D eigenvalue weighted by molar-refractivity contribution is 0.248. The maximum absolute atomic E-state index is 5.79. The molecule has 0 fully saturated rings. The van der Waals surface area contributed by atoms with E-state index in [1.165, 1.54) is 11.1 Å². The van der Waals surface area contributed by atoms with Crippen LogP contribution in [0.25, 0.3) is 0 Å². The van der Waals surface area contributed by atoms with E-state index in [2.05, 4.69) is 73.6 Å². The van der Waals surface area contributed by atoms with Gasteiger partial charge in [0.1, 0.15) is 5.75 Å². The Morgan fingerprint density at radius 2 is 2.00 bits per heavy atom. The quantitative estimate of drug-likeness (QED) is 0.765. The second-order valence-corrected chi connectivity index (χ2v) is 6.98. The van der Waals surface area contributed by atoms with Crippen molar-refractivity contribution >= 4 is 31.9 Å². The van der Waals surface area contributed by atoms with Crippen molar-refractivity contribution in [3.63, 3.8) is 0 Å². The Balaban J connectivity index is 2.03. The maximum Gasteiger partial charge on any atom is 0.122 e. The topological polar surface area (TPSA) is 21.3 Å². The van der Waals surface area contributed by atoms with Crippen molar-refractivity contribution in [1.29, 1.82) is 0 Å². The van der Waals surface area contributed by atoms with E-state index in [9.17, 15) is 0 Å². The van der Waals surface area contributed by atoms with E-state index in [1.54, 1.807) is 0 Å². The molecule has 0 aliphatic carbocycles. The summed E-state index contributed by atoms with van der Waals surface area (Å²) in [5.74, 6) is 1.42. The van der Waals surface area contributed by atoms with Crippen LogP contribution in [0.2, 0.25) is 0 Å². The third kappa shape index (κ3) is 3.03. The summed E-state index contributed by atoms with van der Waals surface area (Å²) in [5.41, 5.74) is 2.56. The van der Waals surface area contributed by atoms with Crippen molar-refractivity contribution < 1.29 is 4.74 Å². The third-order valence-electron chi connectivity index (χ3n) is 4.01. The van der Waals surface area contributed by atoms with Gasteiger partial charge in [-0.15, -0.1) is 0 Å². The molecule has 110 valence electrons. The predicted molar refractivity (Wildman–Crippen MR) is 92.9 cm³/mol. The fraction of sp³-hybridized carbons (Fsp3) is 0.294.